The third kappa shape index (κ3) is 5.58. The molecule has 0 aliphatic carbocycles. The molecule has 3 rings (SSSR count). The van der Waals surface area contributed by atoms with Gasteiger partial charge in [-0.2, -0.15) is 0 Å². The van der Waals surface area contributed by atoms with Gasteiger partial charge in [-0.3, -0.25) is 9.69 Å². The fraction of sp³-hybridized carbons (Fsp3) is 0.409. The zero-order chi connectivity index (χ0) is 19.1. The highest BCUT2D eigenvalue weighted by Gasteiger charge is 2.36. The maximum atomic E-state index is 12.6. The molecule has 1 amide bonds. The van der Waals surface area contributed by atoms with Crippen molar-refractivity contribution in [3.05, 3.63) is 65.7 Å². The zero-order valence-electron chi connectivity index (χ0n) is 16.2. The summed E-state index contributed by atoms with van der Waals surface area (Å²) in [6, 6.07) is 19.3. The van der Waals surface area contributed by atoms with Crippen LogP contribution in [0.2, 0.25) is 0 Å². The van der Waals surface area contributed by atoms with Gasteiger partial charge in [-0.1, -0.05) is 42.5 Å². The Morgan fingerprint density at radius 2 is 1.85 bits per heavy atom. The molecule has 1 saturated heterocycles. The molecule has 0 radical (unpaired) electrons. The number of hydrogen-bond acceptors (Lipinski definition) is 4. The van der Waals surface area contributed by atoms with Crippen molar-refractivity contribution in [2.24, 2.45) is 0 Å². The summed E-state index contributed by atoms with van der Waals surface area (Å²) in [5, 5.41) is 6.65. The quantitative estimate of drug-likeness (QED) is 0.687. The Kier molecular flexibility index (Phi) is 7.33. The van der Waals surface area contributed by atoms with E-state index in [2.05, 4.69) is 70.3 Å². The van der Waals surface area contributed by atoms with E-state index in [4.69, 9.17) is 0 Å². The predicted octanol–water partition coefficient (Wildman–Crippen LogP) is 3.28. The average molecular weight is 384 g/mol. The molecule has 4 nitrogen and oxygen atoms in total. The van der Waals surface area contributed by atoms with Gasteiger partial charge in [0.1, 0.15) is 0 Å². The number of nitrogens with zero attached hydrogens (tertiary/aromatic N) is 1. The summed E-state index contributed by atoms with van der Waals surface area (Å²) in [5.41, 5.74) is 2.53. The molecule has 0 saturated carbocycles. The van der Waals surface area contributed by atoms with Gasteiger partial charge in [0.2, 0.25) is 5.91 Å². The van der Waals surface area contributed by atoms with Crippen LogP contribution in [0.15, 0.2) is 59.5 Å². The van der Waals surface area contributed by atoms with E-state index >= 15 is 0 Å². The Labute approximate surface area is 166 Å². The predicted molar refractivity (Wildman–Crippen MR) is 113 cm³/mol. The van der Waals surface area contributed by atoms with E-state index in [1.54, 1.807) is 11.8 Å². The van der Waals surface area contributed by atoms with E-state index in [0.717, 1.165) is 26.1 Å². The van der Waals surface area contributed by atoms with Crippen LogP contribution in [0.1, 0.15) is 24.5 Å². The van der Waals surface area contributed by atoms with Crippen LogP contribution in [0.3, 0.4) is 0 Å². The first-order valence-electron chi connectivity index (χ1n) is 9.61. The van der Waals surface area contributed by atoms with Gasteiger partial charge in [-0.25, -0.2) is 0 Å². The molecule has 27 heavy (non-hydrogen) atoms. The third-order valence-electron chi connectivity index (χ3n) is 5.04. The largest absolute Gasteiger partial charge is 0.355 e. The molecular weight excluding hydrogens is 354 g/mol. The number of thioether (sulfide) groups is 1. The maximum absolute atomic E-state index is 12.6. The number of benzene rings is 2. The van der Waals surface area contributed by atoms with Gasteiger partial charge in [0, 0.05) is 37.1 Å². The van der Waals surface area contributed by atoms with E-state index < -0.39 is 0 Å². The molecule has 1 heterocycles. The number of amides is 1. The molecule has 0 bridgehead atoms. The van der Waals surface area contributed by atoms with E-state index in [-0.39, 0.29) is 11.9 Å². The summed E-state index contributed by atoms with van der Waals surface area (Å²) in [5.74, 6) is 0.141. The van der Waals surface area contributed by atoms with E-state index in [1.165, 1.54) is 16.0 Å². The lowest BCUT2D eigenvalue weighted by molar-refractivity contribution is -0.125. The number of likely N-dealkylation sites (N-methyl/N-ethyl adjacent to an activating group) is 1. The number of carbonyl (C=O) groups excluding carboxylic acids is 1. The standard InChI is InChI=1S/C22H29N3OS/c1-3-23-22(26)21-13-19(16-25(21)15-18-7-5-4-6-8-18)24-14-17-9-11-20(27-2)12-10-17/h4-12,19,21,24H,3,13-16H2,1-2H3,(H,23,26)/t19-,21+/m1/s1. The van der Waals surface area contributed by atoms with Gasteiger partial charge in [-0.15, -0.1) is 11.8 Å². The zero-order valence-corrected chi connectivity index (χ0v) is 17.0. The minimum Gasteiger partial charge on any atom is -0.355 e. The molecule has 0 aromatic heterocycles. The minimum absolute atomic E-state index is 0.0680. The van der Waals surface area contributed by atoms with Crippen LogP contribution in [0, 0.1) is 0 Å². The monoisotopic (exact) mass is 383 g/mol. The Balaban J connectivity index is 1.61. The van der Waals surface area contributed by atoms with Crippen molar-refractivity contribution in [2.75, 3.05) is 19.3 Å². The normalized spacial score (nSPS) is 19.9. The Morgan fingerprint density at radius 3 is 2.52 bits per heavy atom. The fourth-order valence-electron chi connectivity index (χ4n) is 3.61. The first kappa shape index (κ1) is 19.9. The van der Waals surface area contributed by atoms with Gasteiger partial charge in [-0.05, 0) is 42.9 Å². The summed E-state index contributed by atoms with van der Waals surface area (Å²) in [4.78, 5) is 16.1. The molecule has 2 N–H and O–H groups in total. The molecule has 2 aromatic rings. The van der Waals surface area contributed by atoms with Gasteiger partial charge < -0.3 is 10.6 Å². The lowest BCUT2D eigenvalue weighted by atomic mass is 10.1. The van der Waals surface area contributed by atoms with Crippen LogP contribution in [-0.2, 0) is 17.9 Å². The Morgan fingerprint density at radius 1 is 1.11 bits per heavy atom. The second kappa shape index (κ2) is 9.93. The summed E-state index contributed by atoms with van der Waals surface area (Å²) < 4.78 is 0. The Bertz CT molecular complexity index is 720. The van der Waals surface area contributed by atoms with Crippen LogP contribution in [0.25, 0.3) is 0 Å². The first-order valence-corrected chi connectivity index (χ1v) is 10.8. The van der Waals surface area contributed by atoms with E-state index in [1.807, 2.05) is 13.0 Å². The summed E-state index contributed by atoms with van der Waals surface area (Å²) in [7, 11) is 0. The maximum Gasteiger partial charge on any atom is 0.237 e. The second-order valence-corrected chi connectivity index (χ2v) is 7.87. The van der Waals surface area contributed by atoms with Crippen molar-refractivity contribution >= 4 is 17.7 Å². The lowest BCUT2D eigenvalue weighted by Crippen LogP contribution is -2.42. The highest BCUT2D eigenvalue weighted by molar-refractivity contribution is 7.98. The van der Waals surface area contributed by atoms with Crippen molar-refractivity contribution in [2.45, 2.75) is 43.4 Å². The molecule has 1 aliphatic rings. The number of carbonyl (C=O) groups is 1. The molecule has 144 valence electrons. The van der Waals surface area contributed by atoms with Gasteiger partial charge in [0.05, 0.1) is 6.04 Å². The number of hydrogen-bond donors (Lipinski definition) is 2. The van der Waals surface area contributed by atoms with Gasteiger partial charge >= 0.3 is 0 Å². The topological polar surface area (TPSA) is 44.4 Å². The fourth-order valence-corrected chi connectivity index (χ4v) is 4.02. The summed E-state index contributed by atoms with van der Waals surface area (Å²) >= 11 is 1.76. The van der Waals surface area contributed by atoms with Crippen molar-refractivity contribution in [1.82, 2.24) is 15.5 Å². The van der Waals surface area contributed by atoms with E-state index in [0.29, 0.717) is 12.6 Å². The summed E-state index contributed by atoms with van der Waals surface area (Å²) in [6.07, 6.45) is 2.94. The molecule has 2 aromatic carbocycles. The lowest BCUT2D eigenvalue weighted by Gasteiger charge is -2.23. The SMILES string of the molecule is CCNC(=O)[C@@H]1C[C@@H](NCc2ccc(SC)cc2)CN1Cc1ccccc1. The molecular formula is C22H29N3OS. The molecule has 5 heteroatoms. The van der Waals surface area contributed by atoms with Gasteiger partial charge in [0.25, 0.3) is 0 Å². The van der Waals surface area contributed by atoms with Crippen LogP contribution >= 0.6 is 11.8 Å². The van der Waals surface area contributed by atoms with Crippen molar-refractivity contribution < 1.29 is 4.79 Å². The average Bonchev–Trinajstić information content (AvgIpc) is 3.10. The molecule has 1 aliphatic heterocycles. The van der Waals surface area contributed by atoms with Crippen LogP contribution in [0.5, 0.6) is 0 Å². The smallest absolute Gasteiger partial charge is 0.237 e. The summed E-state index contributed by atoms with van der Waals surface area (Å²) in [6.45, 7) is 5.18. The van der Waals surface area contributed by atoms with Crippen molar-refractivity contribution in [3.8, 4) is 0 Å². The third-order valence-corrected chi connectivity index (χ3v) is 5.78. The van der Waals surface area contributed by atoms with Gasteiger partial charge in [0.15, 0.2) is 0 Å². The molecule has 0 unspecified atom stereocenters. The van der Waals surface area contributed by atoms with Crippen molar-refractivity contribution in [1.29, 1.82) is 0 Å². The van der Waals surface area contributed by atoms with Crippen LogP contribution in [0.4, 0.5) is 0 Å². The van der Waals surface area contributed by atoms with E-state index in [9.17, 15) is 4.79 Å². The second-order valence-electron chi connectivity index (χ2n) is 6.99. The van der Waals surface area contributed by atoms with Crippen LogP contribution in [-0.4, -0.2) is 42.2 Å². The first-order chi connectivity index (χ1) is 13.2. The molecule has 0 spiro atoms. The Hall–Kier alpha value is -1.82. The highest BCUT2D eigenvalue weighted by atomic mass is 32.2. The highest BCUT2D eigenvalue weighted by Crippen LogP contribution is 2.22. The minimum atomic E-state index is -0.0680. The number of rotatable bonds is 8. The van der Waals surface area contributed by atoms with Crippen LogP contribution < -0.4 is 10.6 Å². The number of likely N-dealkylation sites (tertiary alicyclic amines) is 1. The van der Waals surface area contributed by atoms with Crippen molar-refractivity contribution in [3.63, 3.8) is 0 Å². The number of nitrogens with one attached hydrogen (secondary N) is 2. The molecule has 2 atom stereocenters. The molecule has 1 fully saturated rings.